The van der Waals surface area contributed by atoms with E-state index in [-0.39, 0.29) is 6.54 Å². The number of halogens is 3. The standard InChI is InChI=1S/C5H8F3N/c1-2-9-3-4(9)5(6,7)8/h4H,2-3H2,1H3. The predicted molar refractivity (Wildman–Crippen MR) is 27.1 cm³/mol. The van der Waals surface area contributed by atoms with Gasteiger partial charge in [-0.2, -0.15) is 13.2 Å². The first-order valence-corrected chi connectivity index (χ1v) is 2.86. The molecule has 1 rings (SSSR count). The van der Waals surface area contributed by atoms with Crippen molar-refractivity contribution in [1.29, 1.82) is 0 Å². The molecule has 0 N–H and O–H groups in total. The van der Waals surface area contributed by atoms with Gasteiger partial charge in [0.25, 0.3) is 0 Å². The fraction of sp³-hybridized carbons (Fsp3) is 1.00. The summed E-state index contributed by atoms with van der Waals surface area (Å²) < 4.78 is 34.9. The van der Waals surface area contributed by atoms with Crippen LogP contribution in [0.3, 0.4) is 0 Å². The van der Waals surface area contributed by atoms with Crippen LogP contribution in [0.5, 0.6) is 0 Å². The molecule has 1 nitrogen and oxygen atoms in total. The molecule has 1 saturated heterocycles. The molecule has 54 valence electrons. The third-order valence-corrected chi connectivity index (χ3v) is 1.50. The van der Waals surface area contributed by atoms with E-state index in [1.165, 1.54) is 4.90 Å². The molecule has 0 aromatic heterocycles. The van der Waals surface area contributed by atoms with Crippen molar-refractivity contribution in [3.63, 3.8) is 0 Å². The second-order valence-electron chi connectivity index (χ2n) is 2.14. The van der Waals surface area contributed by atoms with Gasteiger partial charge in [0.05, 0.1) is 0 Å². The van der Waals surface area contributed by atoms with Gasteiger partial charge in [0, 0.05) is 6.54 Å². The van der Waals surface area contributed by atoms with Crippen LogP contribution in [0.2, 0.25) is 0 Å². The number of hydrogen-bond acceptors (Lipinski definition) is 1. The molecule has 0 bridgehead atoms. The Balaban J connectivity index is 2.33. The predicted octanol–water partition coefficient (Wildman–Crippen LogP) is 1.25. The minimum absolute atomic E-state index is 0.194. The van der Waals surface area contributed by atoms with E-state index >= 15 is 0 Å². The third-order valence-electron chi connectivity index (χ3n) is 1.50. The Kier molecular flexibility index (Phi) is 1.42. The fourth-order valence-electron chi connectivity index (χ4n) is 0.835. The second kappa shape index (κ2) is 1.87. The molecule has 2 unspecified atom stereocenters. The summed E-state index contributed by atoms with van der Waals surface area (Å²) in [4.78, 5) is 1.38. The van der Waals surface area contributed by atoms with E-state index in [0.717, 1.165) is 0 Å². The molecule has 1 aliphatic rings. The van der Waals surface area contributed by atoms with Crippen LogP contribution in [0, 0.1) is 0 Å². The Bertz CT molecular complexity index is 109. The van der Waals surface area contributed by atoms with E-state index in [4.69, 9.17) is 0 Å². The molecule has 4 heteroatoms. The van der Waals surface area contributed by atoms with Gasteiger partial charge < -0.3 is 0 Å². The van der Waals surface area contributed by atoms with Gasteiger partial charge in [0.2, 0.25) is 0 Å². The monoisotopic (exact) mass is 139 g/mol. The third kappa shape index (κ3) is 1.36. The lowest BCUT2D eigenvalue weighted by atomic mass is 10.5. The highest BCUT2D eigenvalue weighted by molar-refractivity contribution is 4.93. The molecule has 0 aliphatic carbocycles. The van der Waals surface area contributed by atoms with Gasteiger partial charge in [-0.05, 0) is 6.54 Å². The molecule has 2 atom stereocenters. The van der Waals surface area contributed by atoms with Crippen molar-refractivity contribution in [3.05, 3.63) is 0 Å². The normalized spacial score (nSPS) is 34.7. The summed E-state index contributed by atoms with van der Waals surface area (Å²) in [6.45, 7) is 2.43. The van der Waals surface area contributed by atoms with Crippen LogP contribution < -0.4 is 0 Å². The Morgan fingerprint density at radius 1 is 1.56 bits per heavy atom. The highest BCUT2D eigenvalue weighted by atomic mass is 19.4. The number of nitrogens with zero attached hydrogens (tertiary/aromatic N) is 1. The van der Waals surface area contributed by atoms with Crippen LogP contribution >= 0.6 is 0 Å². The zero-order valence-electron chi connectivity index (χ0n) is 5.07. The summed E-state index contributed by atoms with van der Waals surface area (Å²) in [5, 5.41) is 0. The van der Waals surface area contributed by atoms with E-state index in [1.54, 1.807) is 6.92 Å². The number of alkyl halides is 3. The maximum Gasteiger partial charge on any atom is 0.405 e. The first kappa shape index (κ1) is 6.86. The van der Waals surface area contributed by atoms with Crippen molar-refractivity contribution in [1.82, 2.24) is 4.90 Å². The van der Waals surface area contributed by atoms with E-state index < -0.39 is 12.2 Å². The van der Waals surface area contributed by atoms with Gasteiger partial charge in [0.15, 0.2) is 0 Å². The van der Waals surface area contributed by atoms with Crippen molar-refractivity contribution in [3.8, 4) is 0 Å². The average Bonchev–Trinajstić information content (AvgIpc) is 2.39. The summed E-state index contributed by atoms with van der Waals surface area (Å²) in [5.74, 6) is 0. The maximum atomic E-state index is 11.6. The summed E-state index contributed by atoms with van der Waals surface area (Å²) in [6.07, 6.45) is -3.99. The molecule has 0 saturated carbocycles. The first-order valence-electron chi connectivity index (χ1n) is 2.86. The van der Waals surface area contributed by atoms with Crippen LogP contribution in [0.1, 0.15) is 6.92 Å². The van der Waals surface area contributed by atoms with Crippen molar-refractivity contribution in [2.45, 2.75) is 19.1 Å². The molecule has 1 aliphatic heterocycles. The minimum atomic E-state index is -3.99. The van der Waals surface area contributed by atoms with Gasteiger partial charge in [-0.25, -0.2) is 0 Å². The van der Waals surface area contributed by atoms with Gasteiger partial charge in [0.1, 0.15) is 6.04 Å². The van der Waals surface area contributed by atoms with Crippen LogP contribution in [0.15, 0.2) is 0 Å². The molecule has 0 amide bonds. The Morgan fingerprint density at radius 2 is 2.11 bits per heavy atom. The lowest BCUT2D eigenvalue weighted by molar-refractivity contribution is -0.136. The quantitative estimate of drug-likeness (QED) is 0.494. The summed E-state index contributed by atoms with van der Waals surface area (Å²) in [6, 6.07) is -1.14. The Labute approximate surface area is 51.4 Å². The SMILES string of the molecule is CCN1CC1C(F)(F)F. The van der Waals surface area contributed by atoms with Gasteiger partial charge >= 0.3 is 6.18 Å². The van der Waals surface area contributed by atoms with Gasteiger partial charge in [-0.1, -0.05) is 6.92 Å². The molecule has 1 fully saturated rings. The molecular weight excluding hydrogens is 131 g/mol. The smallest absolute Gasteiger partial charge is 0.290 e. The second-order valence-corrected chi connectivity index (χ2v) is 2.14. The molecule has 9 heavy (non-hydrogen) atoms. The first-order chi connectivity index (χ1) is 4.05. The lowest BCUT2D eigenvalue weighted by Gasteiger charge is -2.03. The van der Waals surface area contributed by atoms with Crippen LogP contribution in [0.25, 0.3) is 0 Å². The van der Waals surface area contributed by atoms with E-state index in [1.807, 2.05) is 0 Å². The fourth-order valence-corrected chi connectivity index (χ4v) is 0.835. The highest BCUT2D eigenvalue weighted by Crippen LogP contribution is 2.33. The molecular formula is C5H8F3N. The van der Waals surface area contributed by atoms with Crippen molar-refractivity contribution >= 4 is 0 Å². The average molecular weight is 139 g/mol. The molecule has 0 radical (unpaired) electrons. The zero-order chi connectivity index (χ0) is 7.07. The molecule has 1 heterocycles. The van der Waals surface area contributed by atoms with E-state index in [2.05, 4.69) is 0 Å². The summed E-state index contributed by atoms with van der Waals surface area (Å²) in [5.41, 5.74) is 0. The zero-order valence-corrected chi connectivity index (χ0v) is 5.07. The summed E-state index contributed by atoms with van der Waals surface area (Å²) in [7, 11) is 0. The topological polar surface area (TPSA) is 3.01 Å². The summed E-state index contributed by atoms with van der Waals surface area (Å²) >= 11 is 0. The van der Waals surface area contributed by atoms with Gasteiger partial charge in [-0.15, -0.1) is 0 Å². The lowest BCUT2D eigenvalue weighted by Crippen LogP contribution is -2.20. The van der Waals surface area contributed by atoms with E-state index in [0.29, 0.717) is 6.54 Å². The van der Waals surface area contributed by atoms with Crippen LogP contribution in [-0.4, -0.2) is 30.2 Å². The largest absolute Gasteiger partial charge is 0.405 e. The molecule has 0 aromatic rings. The molecule has 0 aromatic carbocycles. The van der Waals surface area contributed by atoms with Crippen LogP contribution in [-0.2, 0) is 0 Å². The number of hydrogen-bond donors (Lipinski definition) is 0. The Hall–Kier alpha value is -0.250. The minimum Gasteiger partial charge on any atom is -0.290 e. The highest BCUT2D eigenvalue weighted by Gasteiger charge is 2.53. The van der Waals surface area contributed by atoms with Crippen molar-refractivity contribution in [2.24, 2.45) is 0 Å². The Morgan fingerprint density at radius 3 is 2.22 bits per heavy atom. The number of rotatable bonds is 1. The van der Waals surface area contributed by atoms with Crippen molar-refractivity contribution in [2.75, 3.05) is 13.1 Å². The maximum absolute atomic E-state index is 11.6. The van der Waals surface area contributed by atoms with E-state index in [9.17, 15) is 13.2 Å². The van der Waals surface area contributed by atoms with Crippen molar-refractivity contribution < 1.29 is 13.2 Å². The number of likely N-dealkylation sites (N-methyl/N-ethyl adjacent to an activating group) is 1. The molecule has 0 spiro atoms. The van der Waals surface area contributed by atoms with Gasteiger partial charge in [-0.3, -0.25) is 4.90 Å². The van der Waals surface area contributed by atoms with Crippen LogP contribution in [0.4, 0.5) is 13.2 Å².